The van der Waals surface area contributed by atoms with Crippen LogP contribution in [0, 0.1) is 0 Å². The molecular formula is C17H23ClN4O2S. The third kappa shape index (κ3) is 3.68. The van der Waals surface area contributed by atoms with E-state index in [4.69, 9.17) is 11.6 Å². The Kier molecular flexibility index (Phi) is 5.36. The SMILES string of the molecule is CN(Cc1ccccc1N1CCCCC1)S(=O)(=O)c1ncn(C)c1Cl. The number of imidazole rings is 1. The smallest absolute Gasteiger partial charge is 0.263 e. The normalized spacial score (nSPS) is 15.8. The summed E-state index contributed by atoms with van der Waals surface area (Å²) >= 11 is 6.08. The number of sulfonamides is 1. The highest BCUT2D eigenvalue weighted by Gasteiger charge is 2.28. The van der Waals surface area contributed by atoms with Crippen LogP contribution in [0.3, 0.4) is 0 Å². The zero-order valence-electron chi connectivity index (χ0n) is 14.5. The predicted molar refractivity (Wildman–Crippen MR) is 99.4 cm³/mol. The van der Waals surface area contributed by atoms with Crippen LogP contribution in [0.2, 0.25) is 5.15 Å². The van der Waals surface area contributed by atoms with E-state index in [2.05, 4.69) is 16.0 Å². The van der Waals surface area contributed by atoms with Crippen LogP contribution in [-0.4, -0.2) is 42.4 Å². The molecule has 0 saturated carbocycles. The molecule has 3 rings (SSSR count). The molecule has 0 bridgehead atoms. The Balaban J connectivity index is 1.86. The highest BCUT2D eigenvalue weighted by molar-refractivity contribution is 7.89. The summed E-state index contributed by atoms with van der Waals surface area (Å²) in [5.41, 5.74) is 2.10. The molecule has 1 aromatic carbocycles. The Morgan fingerprint density at radius 3 is 2.52 bits per heavy atom. The van der Waals surface area contributed by atoms with Gasteiger partial charge in [0.2, 0.25) is 5.03 Å². The first kappa shape index (κ1) is 18.2. The number of benzene rings is 1. The van der Waals surface area contributed by atoms with Gasteiger partial charge in [-0.25, -0.2) is 13.4 Å². The number of rotatable bonds is 5. The summed E-state index contributed by atoms with van der Waals surface area (Å²) in [5, 5.41) is 0.0192. The number of hydrogen-bond acceptors (Lipinski definition) is 4. The lowest BCUT2D eigenvalue weighted by atomic mass is 10.1. The second kappa shape index (κ2) is 7.35. The van der Waals surface area contributed by atoms with Gasteiger partial charge in [-0.2, -0.15) is 4.31 Å². The first-order valence-electron chi connectivity index (χ1n) is 8.37. The van der Waals surface area contributed by atoms with Gasteiger partial charge in [0.05, 0.1) is 6.33 Å². The maximum absolute atomic E-state index is 12.8. The van der Waals surface area contributed by atoms with Gasteiger partial charge in [-0.1, -0.05) is 29.8 Å². The largest absolute Gasteiger partial charge is 0.371 e. The van der Waals surface area contributed by atoms with Crippen LogP contribution in [-0.2, 0) is 23.6 Å². The van der Waals surface area contributed by atoms with Gasteiger partial charge in [0, 0.05) is 39.4 Å². The van der Waals surface area contributed by atoms with E-state index in [1.807, 2.05) is 18.2 Å². The first-order chi connectivity index (χ1) is 11.9. The zero-order valence-corrected chi connectivity index (χ0v) is 16.1. The van der Waals surface area contributed by atoms with Crippen molar-refractivity contribution < 1.29 is 8.42 Å². The first-order valence-corrected chi connectivity index (χ1v) is 10.2. The van der Waals surface area contributed by atoms with Gasteiger partial charge < -0.3 is 9.47 Å². The van der Waals surface area contributed by atoms with Crippen LogP contribution in [0.15, 0.2) is 35.6 Å². The van der Waals surface area contributed by atoms with Crippen LogP contribution in [0.5, 0.6) is 0 Å². The minimum atomic E-state index is -3.74. The van der Waals surface area contributed by atoms with Crippen LogP contribution >= 0.6 is 11.6 Å². The van der Waals surface area contributed by atoms with Crippen LogP contribution in [0.1, 0.15) is 24.8 Å². The zero-order chi connectivity index (χ0) is 18.0. The van der Waals surface area contributed by atoms with E-state index in [0.717, 1.165) is 24.3 Å². The molecule has 25 heavy (non-hydrogen) atoms. The molecule has 0 unspecified atom stereocenters. The molecule has 0 radical (unpaired) electrons. The van der Waals surface area contributed by atoms with E-state index in [-0.39, 0.29) is 16.7 Å². The molecule has 6 nitrogen and oxygen atoms in total. The molecule has 136 valence electrons. The average molecular weight is 383 g/mol. The van der Waals surface area contributed by atoms with Crippen molar-refractivity contribution >= 4 is 27.3 Å². The molecule has 2 aromatic rings. The molecule has 1 aromatic heterocycles. The molecular weight excluding hydrogens is 360 g/mol. The number of aromatic nitrogens is 2. The summed E-state index contributed by atoms with van der Waals surface area (Å²) < 4.78 is 28.4. The van der Waals surface area contributed by atoms with Crippen molar-refractivity contribution in [3.8, 4) is 0 Å². The van der Waals surface area contributed by atoms with Crippen LogP contribution in [0.4, 0.5) is 5.69 Å². The Morgan fingerprint density at radius 1 is 1.20 bits per heavy atom. The molecule has 0 atom stereocenters. The van der Waals surface area contributed by atoms with E-state index in [9.17, 15) is 8.42 Å². The van der Waals surface area contributed by atoms with Crippen molar-refractivity contribution in [1.29, 1.82) is 0 Å². The van der Waals surface area contributed by atoms with Crippen molar-refractivity contribution in [3.63, 3.8) is 0 Å². The molecule has 1 aliphatic rings. The predicted octanol–water partition coefficient (Wildman–Crippen LogP) is 2.88. The maximum atomic E-state index is 12.8. The number of hydrogen-bond donors (Lipinski definition) is 0. The fourth-order valence-electron chi connectivity index (χ4n) is 3.13. The number of anilines is 1. The highest BCUT2D eigenvalue weighted by atomic mass is 35.5. The lowest BCUT2D eigenvalue weighted by Gasteiger charge is -2.31. The monoisotopic (exact) mass is 382 g/mol. The van der Waals surface area contributed by atoms with Crippen molar-refractivity contribution in [1.82, 2.24) is 13.9 Å². The summed E-state index contributed by atoms with van der Waals surface area (Å²) in [4.78, 5) is 6.29. The van der Waals surface area contributed by atoms with Gasteiger partial charge in [0.1, 0.15) is 5.15 Å². The number of piperidine rings is 1. The lowest BCUT2D eigenvalue weighted by molar-refractivity contribution is 0.463. The Morgan fingerprint density at radius 2 is 1.88 bits per heavy atom. The second-order valence-corrected chi connectivity index (χ2v) is 8.71. The maximum Gasteiger partial charge on any atom is 0.263 e. The minimum absolute atomic E-state index is 0.102. The van der Waals surface area contributed by atoms with Crippen molar-refractivity contribution in [2.45, 2.75) is 30.8 Å². The Labute approximate surface area is 154 Å². The van der Waals surface area contributed by atoms with Gasteiger partial charge in [0.15, 0.2) is 0 Å². The number of halogens is 1. The fourth-order valence-corrected chi connectivity index (χ4v) is 4.65. The third-order valence-corrected chi connectivity index (χ3v) is 6.87. The summed E-state index contributed by atoms with van der Waals surface area (Å²) in [5.74, 6) is 0. The fraction of sp³-hybridized carbons (Fsp3) is 0.471. The van der Waals surface area contributed by atoms with Gasteiger partial charge in [-0.05, 0) is 30.9 Å². The summed E-state index contributed by atoms with van der Waals surface area (Å²) in [6.07, 6.45) is 5.01. The van der Waals surface area contributed by atoms with Crippen molar-refractivity contribution in [2.75, 3.05) is 25.0 Å². The van der Waals surface area contributed by atoms with E-state index in [1.54, 1.807) is 14.1 Å². The van der Waals surface area contributed by atoms with Crippen LogP contribution < -0.4 is 4.90 Å². The summed E-state index contributed by atoms with van der Waals surface area (Å²) in [7, 11) is -0.514. The Bertz CT molecular complexity index is 844. The van der Waals surface area contributed by atoms with Gasteiger partial charge in [0.25, 0.3) is 10.0 Å². The molecule has 2 heterocycles. The third-order valence-electron chi connectivity index (χ3n) is 4.57. The molecule has 1 aliphatic heterocycles. The minimum Gasteiger partial charge on any atom is -0.371 e. The highest BCUT2D eigenvalue weighted by Crippen LogP contribution is 2.28. The number of aryl methyl sites for hydroxylation is 1. The Hall–Kier alpha value is -1.57. The molecule has 0 amide bonds. The number of para-hydroxylation sites is 1. The quantitative estimate of drug-likeness (QED) is 0.797. The lowest BCUT2D eigenvalue weighted by Crippen LogP contribution is -2.32. The number of nitrogens with zero attached hydrogens (tertiary/aromatic N) is 4. The average Bonchev–Trinajstić information content (AvgIpc) is 2.96. The molecule has 0 spiro atoms. The van der Waals surface area contributed by atoms with Gasteiger partial charge in [-0.3, -0.25) is 0 Å². The molecule has 8 heteroatoms. The van der Waals surface area contributed by atoms with E-state index >= 15 is 0 Å². The second-order valence-electron chi connectivity index (χ2n) is 6.39. The van der Waals surface area contributed by atoms with Gasteiger partial charge in [-0.15, -0.1) is 0 Å². The summed E-state index contributed by atoms with van der Waals surface area (Å²) in [6.45, 7) is 2.31. The van der Waals surface area contributed by atoms with Gasteiger partial charge >= 0.3 is 0 Å². The molecule has 1 fully saturated rings. The van der Waals surface area contributed by atoms with E-state index in [1.165, 1.54) is 34.5 Å². The van der Waals surface area contributed by atoms with E-state index < -0.39 is 10.0 Å². The summed E-state index contributed by atoms with van der Waals surface area (Å²) in [6, 6.07) is 7.99. The standard InChI is InChI=1S/C17H23ClN4O2S/c1-20-13-19-17(16(20)18)25(23,24)21(2)12-14-8-4-5-9-15(14)22-10-6-3-7-11-22/h4-5,8-9,13H,3,6-7,10-12H2,1-2H3. The van der Waals surface area contributed by atoms with Crippen molar-refractivity contribution in [2.24, 2.45) is 7.05 Å². The topological polar surface area (TPSA) is 58.4 Å². The van der Waals surface area contributed by atoms with Crippen LogP contribution in [0.25, 0.3) is 0 Å². The molecule has 0 aliphatic carbocycles. The van der Waals surface area contributed by atoms with Crippen molar-refractivity contribution in [3.05, 3.63) is 41.3 Å². The molecule has 0 N–H and O–H groups in total. The molecule has 1 saturated heterocycles. The van der Waals surface area contributed by atoms with E-state index in [0.29, 0.717) is 0 Å².